The highest BCUT2D eigenvalue weighted by Crippen LogP contribution is 2.00. The molecule has 1 aliphatic rings. The van der Waals surface area contributed by atoms with E-state index >= 15 is 0 Å². The molecule has 1 heterocycles. The number of hydrogen-bond acceptors (Lipinski definition) is 2. The molecule has 0 amide bonds. The number of hydrogen-bond donors (Lipinski definition) is 1. The van der Waals surface area contributed by atoms with Crippen LogP contribution < -0.4 is 5.32 Å². The van der Waals surface area contributed by atoms with Crippen LogP contribution in [0.5, 0.6) is 0 Å². The van der Waals surface area contributed by atoms with E-state index in [4.69, 9.17) is 0 Å². The first-order chi connectivity index (χ1) is 6.81. The number of piperazine rings is 1. The summed E-state index contributed by atoms with van der Waals surface area (Å²) in [6, 6.07) is 0. The van der Waals surface area contributed by atoms with Crippen LogP contribution in [-0.4, -0.2) is 38.1 Å². The number of nitrogens with one attached hydrogen (secondary N) is 1. The van der Waals surface area contributed by atoms with E-state index in [1.54, 1.807) is 0 Å². The highest BCUT2D eigenvalue weighted by Gasteiger charge is 2.01. The molecular formula is C12H30N2. The zero-order valence-corrected chi connectivity index (χ0v) is 10.3. The standard InChI is InChI=1S/C7H16.C5H12N2.H2/c1-3-5-7-6-4-2;1-7-4-2-6-3-5-7;/h3-7H2,1-2H3;6H,2-5H2,1H3;1H. The van der Waals surface area contributed by atoms with Crippen LogP contribution in [0.2, 0.25) is 0 Å². The Hall–Kier alpha value is -0.0800. The second-order valence-electron chi connectivity index (χ2n) is 4.11. The Bertz CT molecular complexity index is 99.8. The molecule has 0 bridgehead atoms. The van der Waals surface area contributed by atoms with E-state index < -0.39 is 0 Å². The molecule has 1 fully saturated rings. The van der Waals surface area contributed by atoms with Crippen molar-refractivity contribution in [1.29, 1.82) is 0 Å². The third-order valence-electron chi connectivity index (χ3n) is 2.55. The minimum atomic E-state index is 0. The molecular weight excluding hydrogens is 172 g/mol. The van der Waals surface area contributed by atoms with E-state index in [0.29, 0.717) is 0 Å². The van der Waals surface area contributed by atoms with Gasteiger partial charge in [-0.1, -0.05) is 46.0 Å². The smallest absolute Gasteiger partial charge is 0.0104 e. The fourth-order valence-electron chi connectivity index (χ4n) is 1.45. The molecule has 1 rings (SSSR count). The van der Waals surface area contributed by atoms with Gasteiger partial charge in [0.05, 0.1) is 0 Å². The van der Waals surface area contributed by atoms with Crippen molar-refractivity contribution in [3.05, 3.63) is 0 Å². The Labute approximate surface area is 91.5 Å². The predicted octanol–water partition coefficient (Wildman–Crippen LogP) is 2.74. The summed E-state index contributed by atoms with van der Waals surface area (Å²) >= 11 is 0. The van der Waals surface area contributed by atoms with E-state index in [-0.39, 0.29) is 1.43 Å². The lowest BCUT2D eigenvalue weighted by Gasteiger charge is -2.21. The van der Waals surface area contributed by atoms with Gasteiger partial charge in [0.2, 0.25) is 0 Å². The van der Waals surface area contributed by atoms with Gasteiger partial charge in [-0.3, -0.25) is 0 Å². The summed E-state index contributed by atoms with van der Waals surface area (Å²) in [7, 11) is 2.15. The lowest BCUT2D eigenvalue weighted by atomic mass is 10.2. The zero-order valence-electron chi connectivity index (χ0n) is 10.3. The van der Waals surface area contributed by atoms with Gasteiger partial charge in [-0.2, -0.15) is 0 Å². The van der Waals surface area contributed by atoms with Crippen LogP contribution in [0.1, 0.15) is 47.4 Å². The largest absolute Gasteiger partial charge is 0.314 e. The predicted molar refractivity (Wildman–Crippen MR) is 66.9 cm³/mol. The fraction of sp³-hybridized carbons (Fsp3) is 1.00. The summed E-state index contributed by atoms with van der Waals surface area (Å²) in [6.45, 7) is 9.23. The molecule has 2 nitrogen and oxygen atoms in total. The van der Waals surface area contributed by atoms with Gasteiger partial charge in [0, 0.05) is 27.6 Å². The molecule has 2 heteroatoms. The fourth-order valence-corrected chi connectivity index (χ4v) is 1.45. The Morgan fingerprint density at radius 2 is 1.50 bits per heavy atom. The molecule has 1 N–H and O–H groups in total. The van der Waals surface area contributed by atoms with Crippen molar-refractivity contribution in [2.45, 2.75) is 46.0 Å². The molecule has 1 saturated heterocycles. The van der Waals surface area contributed by atoms with Gasteiger partial charge < -0.3 is 10.2 Å². The van der Waals surface area contributed by atoms with Crippen molar-refractivity contribution in [3.63, 3.8) is 0 Å². The first-order valence-electron chi connectivity index (χ1n) is 6.20. The van der Waals surface area contributed by atoms with Crippen molar-refractivity contribution in [2.75, 3.05) is 33.2 Å². The topological polar surface area (TPSA) is 15.3 Å². The van der Waals surface area contributed by atoms with Gasteiger partial charge in [0.15, 0.2) is 0 Å². The molecule has 0 radical (unpaired) electrons. The number of likely N-dealkylation sites (N-methyl/N-ethyl adjacent to an activating group) is 1. The van der Waals surface area contributed by atoms with Gasteiger partial charge in [0.1, 0.15) is 0 Å². The van der Waals surface area contributed by atoms with Crippen LogP contribution in [0.15, 0.2) is 0 Å². The molecule has 1 aliphatic heterocycles. The highest BCUT2D eigenvalue weighted by atomic mass is 15.2. The second kappa shape index (κ2) is 11.0. The molecule has 0 aromatic carbocycles. The zero-order chi connectivity index (χ0) is 10.6. The molecule has 0 aromatic rings. The molecule has 0 spiro atoms. The molecule has 0 aliphatic carbocycles. The van der Waals surface area contributed by atoms with Crippen molar-refractivity contribution < 1.29 is 1.43 Å². The summed E-state index contributed by atoms with van der Waals surface area (Å²) < 4.78 is 0. The van der Waals surface area contributed by atoms with Crippen LogP contribution in [0.25, 0.3) is 0 Å². The van der Waals surface area contributed by atoms with Gasteiger partial charge in [-0.25, -0.2) is 0 Å². The van der Waals surface area contributed by atoms with E-state index in [0.717, 1.165) is 13.1 Å². The average molecular weight is 202 g/mol. The maximum Gasteiger partial charge on any atom is 0.0104 e. The minimum Gasteiger partial charge on any atom is -0.314 e. The lowest BCUT2D eigenvalue weighted by molar-refractivity contribution is 0.291. The number of rotatable bonds is 4. The van der Waals surface area contributed by atoms with Crippen molar-refractivity contribution in [1.82, 2.24) is 10.2 Å². The van der Waals surface area contributed by atoms with E-state index in [1.807, 2.05) is 0 Å². The minimum absolute atomic E-state index is 0. The van der Waals surface area contributed by atoms with Gasteiger partial charge in [-0.15, -0.1) is 0 Å². The Morgan fingerprint density at radius 1 is 1.00 bits per heavy atom. The van der Waals surface area contributed by atoms with Gasteiger partial charge >= 0.3 is 0 Å². The molecule has 14 heavy (non-hydrogen) atoms. The third-order valence-corrected chi connectivity index (χ3v) is 2.55. The first-order valence-corrected chi connectivity index (χ1v) is 6.20. The Morgan fingerprint density at radius 3 is 1.79 bits per heavy atom. The Kier molecular flexibility index (Phi) is 10.9. The van der Waals surface area contributed by atoms with E-state index in [1.165, 1.54) is 45.2 Å². The molecule has 88 valence electrons. The van der Waals surface area contributed by atoms with Crippen LogP contribution >= 0.6 is 0 Å². The summed E-state index contributed by atoms with van der Waals surface area (Å²) in [5, 5.41) is 3.27. The average Bonchev–Trinajstić information content (AvgIpc) is 2.21. The van der Waals surface area contributed by atoms with Crippen LogP contribution in [0.3, 0.4) is 0 Å². The van der Waals surface area contributed by atoms with E-state index in [2.05, 4.69) is 31.1 Å². The monoisotopic (exact) mass is 202 g/mol. The van der Waals surface area contributed by atoms with Gasteiger partial charge in [0.25, 0.3) is 0 Å². The van der Waals surface area contributed by atoms with Crippen molar-refractivity contribution in [3.8, 4) is 0 Å². The van der Waals surface area contributed by atoms with E-state index in [9.17, 15) is 0 Å². The number of nitrogens with zero attached hydrogens (tertiary/aromatic N) is 1. The van der Waals surface area contributed by atoms with Crippen molar-refractivity contribution in [2.24, 2.45) is 0 Å². The summed E-state index contributed by atoms with van der Waals surface area (Å²) in [5.41, 5.74) is 0. The molecule has 0 unspecified atom stereocenters. The third kappa shape index (κ3) is 10.0. The van der Waals surface area contributed by atoms with Crippen LogP contribution in [-0.2, 0) is 0 Å². The normalized spacial score (nSPS) is 17.4. The lowest BCUT2D eigenvalue weighted by Crippen LogP contribution is -2.40. The SMILES string of the molecule is CCCCCCC.CN1CCNCC1.[HH]. The Balaban J connectivity index is 0. The summed E-state index contributed by atoms with van der Waals surface area (Å²) in [5.74, 6) is 0. The summed E-state index contributed by atoms with van der Waals surface area (Å²) in [4.78, 5) is 2.33. The molecule has 0 atom stereocenters. The van der Waals surface area contributed by atoms with Crippen LogP contribution in [0.4, 0.5) is 0 Å². The van der Waals surface area contributed by atoms with Crippen LogP contribution in [0, 0.1) is 0 Å². The number of unbranched alkanes of at least 4 members (excludes halogenated alkanes) is 4. The quantitative estimate of drug-likeness (QED) is 0.705. The second-order valence-corrected chi connectivity index (χ2v) is 4.11. The summed E-state index contributed by atoms with van der Waals surface area (Å²) in [6.07, 6.45) is 7.01. The highest BCUT2D eigenvalue weighted by molar-refractivity contribution is 4.62. The van der Waals surface area contributed by atoms with Crippen molar-refractivity contribution >= 4 is 0 Å². The maximum absolute atomic E-state index is 3.27. The first kappa shape index (κ1) is 13.9. The molecule has 0 saturated carbocycles. The van der Waals surface area contributed by atoms with Gasteiger partial charge in [-0.05, 0) is 7.05 Å². The molecule has 0 aromatic heterocycles. The maximum atomic E-state index is 3.27.